The fourth-order valence-electron chi connectivity index (χ4n) is 0.872. The van der Waals surface area contributed by atoms with Gasteiger partial charge < -0.3 is 5.11 Å². The van der Waals surface area contributed by atoms with E-state index in [1.54, 1.807) is 11.8 Å². The predicted molar refractivity (Wildman–Crippen MR) is 44.4 cm³/mol. The van der Waals surface area contributed by atoms with Gasteiger partial charge in [0, 0.05) is 5.25 Å². The standard InChI is InChI=1S/C7H14O2S/c1-4-6(7(8)9)5(2)10-3/h5-6H,4H2,1-3H3,(H,8,9). The molecule has 60 valence electrons. The molecule has 0 aromatic carbocycles. The molecule has 0 rings (SSSR count). The maximum Gasteiger partial charge on any atom is 0.307 e. The lowest BCUT2D eigenvalue weighted by Crippen LogP contribution is -2.22. The number of carboxylic acid groups (broad SMARTS) is 1. The highest BCUT2D eigenvalue weighted by molar-refractivity contribution is 7.99. The van der Waals surface area contributed by atoms with Crippen LogP contribution >= 0.6 is 11.8 Å². The van der Waals surface area contributed by atoms with Crippen molar-refractivity contribution in [3.05, 3.63) is 0 Å². The first-order valence-electron chi connectivity index (χ1n) is 3.39. The van der Waals surface area contributed by atoms with Crippen LogP contribution in [-0.4, -0.2) is 22.6 Å². The summed E-state index contributed by atoms with van der Waals surface area (Å²) >= 11 is 1.60. The van der Waals surface area contributed by atoms with E-state index in [0.29, 0.717) is 0 Å². The lowest BCUT2D eigenvalue weighted by molar-refractivity contribution is -0.141. The zero-order chi connectivity index (χ0) is 8.15. The normalized spacial score (nSPS) is 16.3. The molecule has 2 nitrogen and oxygen atoms in total. The van der Waals surface area contributed by atoms with Gasteiger partial charge in [0.25, 0.3) is 0 Å². The summed E-state index contributed by atoms with van der Waals surface area (Å²) < 4.78 is 0. The third kappa shape index (κ3) is 2.60. The van der Waals surface area contributed by atoms with Gasteiger partial charge in [0.05, 0.1) is 5.92 Å². The molecule has 10 heavy (non-hydrogen) atoms. The smallest absolute Gasteiger partial charge is 0.307 e. The molecule has 1 N–H and O–H groups in total. The number of hydrogen-bond acceptors (Lipinski definition) is 2. The zero-order valence-corrected chi connectivity index (χ0v) is 7.44. The summed E-state index contributed by atoms with van der Waals surface area (Å²) in [4.78, 5) is 10.5. The van der Waals surface area contributed by atoms with E-state index in [2.05, 4.69) is 0 Å². The Hall–Kier alpha value is -0.180. The molecule has 2 atom stereocenters. The lowest BCUT2D eigenvalue weighted by atomic mass is 10.0. The summed E-state index contributed by atoms with van der Waals surface area (Å²) in [5.41, 5.74) is 0. The SMILES string of the molecule is CCC(C(=O)O)C(C)SC. The minimum atomic E-state index is -0.677. The lowest BCUT2D eigenvalue weighted by Gasteiger charge is -2.15. The van der Waals surface area contributed by atoms with Crippen LogP contribution in [0.1, 0.15) is 20.3 Å². The quantitative estimate of drug-likeness (QED) is 0.685. The van der Waals surface area contributed by atoms with Crippen molar-refractivity contribution in [2.24, 2.45) is 5.92 Å². The molecule has 0 bridgehead atoms. The summed E-state index contributed by atoms with van der Waals surface area (Å²) in [7, 11) is 0. The molecule has 0 aliphatic carbocycles. The molecule has 3 heteroatoms. The van der Waals surface area contributed by atoms with Gasteiger partial charge in [-0.25, -0.2) is 0 Å². The van der Waals surface area contributed by atoms with Gasteiger partial charge in [-0.15, -0.1) is 0 Å². The van der Waals surface area contributed by atoms with Gasteiger partial charge in [0.1, 0.15) is 0 Å². The number of thioether (sulfide) groups is 1. The third-order valence-electron chi connectivity index (χ3n) is 1.70. The molecule has 0 aliphatic heterocycles. The van der Waals surface area contributed by atoms with Gasteiger partial charge in [0.2, 0.25) is 0 Å². The molecule has 0 amide bonds. The Kier molecular flexibility index (Phi) is 4.52. The van der Waals surface area contributed by atoms with Crippen LogP contribution in [0.25, 0.3) is 0 Å². The zero-order valence-electron chi connectivity index (χ0n) is 6.63. The number of carbonyl (C=O) groups is 1. The average Bonchev–Trinajstić information content (AvgIpc) is 1.88. The molecule has 0 aliphatic rings. The molecule has 0 heterocycles. The number of rotatable bonds is 4. The Morgan fingerprint density at radius 3 is 2.30 bits per heavy atom. The number of carboxylic acids is 1. The van der Waals surface area contributed by atoms with Crippen LogP contribution in [0.4, 0.5) is 0 Å². The highest BCUT2D eigenvalue weighted by atomic mass is 32.2. The number of aliphatic carboxylic acids is 1. The molecular weight excluding hydrogens is 148 g/mol. The van der Waals surface area contributed by atoms with Crippen LogP contribution in [0.2, 0.25) is 0 Å². The summed E-state index contributed by atoms with van der Waals surface area (Å²) in [6.07, 6.45) is 2.66. The molecule has 2 unspecified atom stereocenters. The highest BCUT2D eigenvalue weighted by Crippen LogP contribution is 2.19. The Balaban J connectivity index is 3.92. The van der Waals surface area contributed by atoms with Crippen LogP contribution in [-0.2, 0) is 4.79 Å². The molecule has 0 aromatic rings. The molecule has 0 fully saturated rings. The van der Waals surface area contributed by atoms with Gasteiger partial charge in [-0.2, -0.15) is 11.8 Å². The Bertz CT molecular complexity index is 114. The monoisotopic (exact) mass is 162 g/mol. The Morgan fingerprint density at radius 2 is 2.20 bits per heavy atom. The second-order valence-corrected chi connectivity index (χ2v) is 3.51. The topological polar surface area (TPSA) is 37.3 Å². The van der Waals surface area contributed by atoms with Crippen LogP contribution < -0.4 is 0 Å². The largest absolute Gasteiger partial charge is 0.481 e. The maximum atomic E-state index is 10.5. The molecule has 0 saturated carbocycles. The van der Waals surface area contributed by atoms with Crippen LogP contribution in [0.3, 0.4) is 0 Å². The van der Waals surface area contributed by atoms with E-state index in [0.717, 1.165) is 6.42 Å². The fraction of sp³-hybridized carbons (Fsp3) is 0.857. The number of hydrogen-bond donors (Lipinski definition) is 1. The van der Waals surface area contributed by atoms with E-state index in [4.69, 9.17) is 5.11 Å². The Labute approximate surface area is 66.0 Å². The molecule has 0 aromatic heterocycles. The van der Waals surface area contributed by atoms with Crippen molar-refractivity contribution in [2.75, 3.05) is 6.26 Å². The fourth-order valence-corrected chi connectivity index (χ4v) is 1.51. The van der Waals surface area contributed by atoms with Gasteiger partial charge in [0.15, 0.2) is 0 Å². The first-order chi connectivity index (χ1) is 4.63. The second kappa shape index (κ2) is 4.61. The van der Waals surface area contributed by atoms with E-state index in [-0.39, 0.29) is 11.2 Å². The minimum absolute atomic E-state index is 0.185. The Morgan fingerprint density at radius 1 is 1.70 bits per heavy atom. The van der Waals surface area contributed by atoms with Crippen molar-refractivity contribution < 1.29 is 9.90 Å². The molecular formula is C7H14O2S. The van der Waals surface area contributed by atoms with E-state index in [9.17, 15) is 4.79 Å². The van der Waals surface area contributed by atoms with Crippen LogP contribution in [0.15, 0.2) is 0 Å². The van der Waals surface area contributed by atoms with Crippen molar-refractivity contribution in [3.63, 3.8) is 0 Å². The van der Waals surface area contributed by atoms with E-state index < -0.39 is 5.97 Å². The summed E-state index contributed by atoms with van der Waals surface area (Å²) in [6, 6.07) is 0. The van der Waals surface area contributed by atoms with Crippen molar-refractivity contribution in [2.45, 2.75) is 25.5 Å². The van der Waals surface area contributed by atoms with Crippen LogP contribution in [0, 0.1) is 5.92 Å². The predicted octanol–water partition coefficient (Wildman–Crippen LogP) is 1.85. The summed E-state index contributed by atoms with van der Waals surface area (Å²) in [5.74, 6) is -0.862. The van der Waals surface area contributed by atoms with Gasteiger partial charge in [-0.05, 0) is 12.7 Å². The first-order valence-corrected chi connectivity index (χ1v) is 4.67. The average molecular weight is 162 g/mol. The van der Waals surface area contributed by atoms with Crippen molar-refractivity contribution in [1.82, 2.24) is 0 Å². The second-order valence-electron chi connectivity index (χ2n) is 2.29. The molecule has 0 saturated heterocycles. The minimum Gasteiger partial charge on any atom is -0.481 e. The third-order valence-corrected chi connectivity index (χ3v) is 2.77. The van der Waals surface area contributed by atoms with Crippen LogP contribution in [0.5, 0.6) is 0 Å². The summed E-state index contributed by atoms with van der Waals surface area (Å²) in [5, 5.41) is 8.89. The van der Waals surface area contributed by atoms with Gasteiger partial charge >= 0.3 is 5.97 Å². The van der Waals surface area contributed by atoms with Gasteiger partial charge in [-0.1, -0.05) is 13.8 Å². The van der Waals surface area contributed by atoms with Crippen molar-refractivity contribution in [1.29, 1.82) is 0 Å². The van der Waals surface area contributed by atoms with E-state index >= 15 is 0 Å². The maximum absolute atomic E-state index is 10.5. The van der Waals surface area contributed by atoms with Gasteiger partial charge in [-0.3, -0.25) is 4.79 Å². The van der Waals surface area contributed by atoms with E-state index in [1.807, 2.05) is 20.1 Å². The van der Waals surface area contributed by atoms with Crippen molar-refractivity contribution >= 4 is 17.7 Å². The van der Waals surface area contributed by atoms with Crippen molar-refractivity contribution in [3.8, 4) is 0 Å². The first kappa shape index (κ1) is 9.82. The molecule has 0 radical (unpaired) electrons. The highest BCUT2D eigenvalue weighted by Gasteiger charge is 2.21. The summed E-state index contributed by atoms with van der Waals surface area (Å²) in [6.45, 7) is 3.86. The van der Waals surface area contributed by atoms with E-state index in [1.165, 1.54) is 0 Å². The molecule has 0 spiro atoms.